The van der Waals surface area contributed by atoms with Gasteiger partial charge in [-0.2, -0.15) is 0 Å². The van der Waals surface area contributed by atoms with E-state index >= 15 is 0 Å². The van der Waals surface area contributed by atoms with Crippen molar-refractivity contribution in [3.8, 4) is 5.88 Å². The molecule has 2 heterocycles. The fourth-order valence-corrected chi connectivity index (χ4v) is 26.8. The van der Waals surface area contributed by atoms with Gasteiger partial charge in [-0.25, -0.2) is 0 Å². The molecule has 0 amide bonds. The Bertz CT molecular complexity index is 828. The Labute approximate surface area is 201 Å². The monoisotopic (exact) mass is 572 g/mol. The van der Waals surface area contributed by atoms with Crippen molar-refractivity contribution in [1.29, 1.82) is 0 Å². The third-order valence-electron chi connectivity index (χ3n) is 7.50. The van der Waals surface area contributed by atoms with Gasteiger partial charge >= 0.3 is 202 Å². The van der Waals surface area contributed by atoms with Crippen LogP contribution in [0.2, 0.25) is 31.4 Å². The van der Waals surface area contributed by atoms with E-state index in [9.17, 15) is 0 Å². The summed E-state index contributed by atoms with van der Waals surface area (Å²) in [5.41, 5.74) is 1.49. The first kappa shape index (κ1) is 27.2. The molecular formula is C25H48N2OSSiSn. The zero-order valence-corrected chi connectivity index (χ0v) is 26.7. The number of thiazole rings is 1. The maximum absolute atomic E-state index is 6.77. The number of aromatic nitrogens is 2. The first-order valence-electron chi connectivity index (χ1n) is 12.6. The number of rotatable bonds is 12. The average Bonchev–Trinajstić information content (AvgIpc) is 3.18. The Morgan fingerprint density at radius 1 is 0.935 bits per heavy atom. The van der Waals surface area contributed by atoms with E-state index in [0.717, 1.165) is 11.7 Å². The number of fused-ring (bicyclic) bond motifs is 1. The van der Waals surface area contributed by atoms with Crippen LogP contribution in [0.4, 0.5) is 0 Å². The summed E-state index contributed by atoms with van der Waals surface area (Å²) in [6, 6.07) is 0. The van der Waals surface area contributed by atoms with Crippen LogP contribution < -0.4 is 7.32 Å². The van der Waals surface area contributed by atoms with E-state index in [2.05, 4.69) is 84.2 Å². The van der Waals surface area contributed by atoms with Crippen molar-refractivity contribution < 1.29 is 4.43 Å². The zero-order chi connectivity index (χ0) is 23.4. The molecule has 0 aliphatic rings. The fourth-order valence-electron chi connectivity index (χ4n) is 4.46. The van der Waals surface area contributed by atoms with Gasteiger partial charge in [0.05, 0.1) is 0 Å². The van der Waals surface area contributed by atoms with Crippen LogP contribution in [0.1, 0.15) is 91.6 Å². The van der Waals surface area contributed by atoms with Gasteiger partial charge in [0, 0.05) is 0 Å². The van der Waals surface area contributed by atoms with Crippen LogP contribution in [0.5, 0.6) is 5.88 Å². The second kappa shape index (κ2) is 10.9. The molecule has 2 aromatic rings. The Morgan fingerprint density at radius 2 is 1.42 bits per heavy atom. The molecule has 2 rings (SSSR count). The van der Waals surface area contributed by atoms with E-state index in [0.29, 0.717) is 0 Å². The van der Waals surface area contributed by atoms with Gasteiger partial charge in [-0.1, -0.05) is 0 Å². The summed E-state index contributed by atoms with van der Waals surface area (Å²) in [6.07, 6.45) is 8.17. The average molecular weight is 572 g/mol. The Balaban J connectivity index is 2.62. The summed E-state index contributed by atoms with van der Waals surface area (Å²) < 4.78 is 15.6. The van der Waals surface area contributed by atoms with Crippen molar-refractivity contribution in [2.45, 2.75) is 125 Å². The predicted molar refractivity (Wildman–Crippen MR) is 145 cm³/mol. The molecule has 2 aromatic heterocycles. The van der Waals surface area contributed by atoms with Gasteiger partial charge in [0.25, 0.3) is 0 Å². The predicted octanol–water partition coefficient (Wildman–Crippen LogP) is 8.45. The summed E-state index contributed by atoms with van der Waals surface area (Å²) >= 11 is -0.413. The third kappa shape index (κ3) is 5.92. The van der Waals surface area contributed by atoms with Crippen LogP contribution in [0, 0.1) is 13.8 Å². The SMILES string of the molecule is CCC[CH2][Sn]([CH2]CCC)([CH2]CCC)[c]1sc2c(O[Si](C)(C)C(C)(C)C)nc(C)n2c1C. The van der Waals surface area contributed by atoms with E-state index < -0.39 is 26.7 Å². The minimum absolute atomic E-state index is 0.179. The molecule has 0 saturated heterocycles. The minimum atomic E-state index is -2.49. The Hall–Kier alpha value is -0.0144. The van der Waals surface area contributed by atoms with E-state index in [1.54, 1.807) is 0 Å². The normalized spacial score (nSPS) is 13.4. The van der Waals surface area contributed by atoms with Crippen molar-refractivity contribution in [2.75, 3.05) is 0 Å². The second-order valence-corrected chi connectivity index (χ2v) is 30.8. The summed E-state index contributed by atoms with van der Waals surface area (Å²) in [7, 11) is -1.92. The number of hydrogen-bond donors (Lipinski definition) is 0. The van der Waals surface area contributed by atoms with Gasteiger partial charge in [0.15, 0.2) is 0 Å². The molecule has 0 aromatic carbocycles. The van der Waals surface area contributed by atoms with Crippen molar-refractivity contribution in [2.24, 2.45) is 0 Å². The van der Waals surface area contributed by atoms with Crippen molar-refractivity contribution >= 4 is 45.8 Å². The van der Waals surface area contributed by atoms with E-state index in [4.69, 9.17) is 9.41 Å². The van der Waals surface area contributed by atoms with E-state index in [1.165, 1.54) is 62.4 Å². The Kier molecular flexibility index (Phi) is 9.61. The molecule has 0 aliphatic carbocycles. The van der Waals surface area contributed by atoms with Gasteiger partial charge in [0.1, 0.15) is 0 Å². The van der Waals surface area contributed by atoms with Gasteiger partial charge < -0.3 is 0 Å². The topological polar surface area (TPSA) is 26.5 Å². The molecule has 0 bridgehead atoms. The second-order valence-electron chi connectivity index (χ2n) is 11.1. The molecule has 0 fully saturated rings. The summed E-state index contributed by atoms with van der Waals surface area (Å²) in [4.78, 5) is 6.21. The number of hydrogen-bond acceptors (Lipinski definition) is 3. The van der Waals surface area contributed by atoms with Gasteiger partial charge in [-0.05, 0) is 0 Å². The van der Waals surface area contributed by atoms with Crippen LogP contribution in [-0.4, -0.2) is 36.1 Å². The molecule has 3 nitrogen and oxygen atoms in total. The van der Waals surface area contributed by atoms with Crippen LogP contribution in [-0.2, 0) is 0 Å². The van der Waals surface area contributed by atoms with Crippen LogP contribution >= 0.6 is 11.3 Å². The zero-order valence-electron chi connectivity index (χ0n) is 22.1. The van der Waals surface area contributed by atoms with Crippen LogP contribution in [0.25, 0.3) is 4.83 Å². The van der Waals surface area contributed by atoms with E-state index in [1.807, 2.05) is 2.89 Å². The molecule has 178 valence electrons. The number of nitrogens with zero attached hydrogens (tertiary/aromatic N) is 2. The third-order valence-corrected chi connectivity index (χ3v) is 31.7. The standard InChI is InChI=1S/C13H21N2OSSi.3C4H9.Sn/c1-9-8-17-12-11(14-10(2)15(9)12)16-18(6,7)13(3,4)5;3*1-3-4-2;/h1-7H3;3*1,3-4H2,2H3;. The quantitative estimate of drug-likeness (QED) is 0.239. The summed E-state index contributed by atoms with van der Waals surface area (Å²) in [6.45, 7) is 23.2. The maximum atomic E-state index is 6.77. The van der Waals surface area contributed by atoms with Crippen molar-refractivity contribution in [1.82, 2.24) is 9.38 Å². The Morgan fingerprint density at radius 3 is 1.84 bits per heavy atom. The molecule has 6 heteroatoms. The number of imidazole rings is 1. The number of aryl methyl sites for hydroxylation is 2. The first-order chi connectivity index (χ1) is 14.4. The van der Waals surface area contributed by atoms with Gasteiger partial charge in [-0.3, -0.25) is 0 Å². The molecule has 0 unspecified atom stereocenters. The molecule has 0 saturated carbocycles. The molecule has 0 radical (unpaired) electrons. The molecule has 31 heavy (non-hydrogen) atoms. The van der Waals surface area contributed by atoms with Crippen molar-refractivity contribution in [3.05, 3.63) is 11.5 Å². The molecule has 0 spiro atoms. The molecule has 0 aliphatic heterocycles. The summed E-state index contributed by atoms with van der Waals surface area (Å²) in [5.74, 6) is 2.01. The first-order valence-corrected chi connectivity index (χ1v) is 23.8. The molecule has 0 N–H and O–H groups in total. The fraction of sp³-hybridized carbons (Fsp3) is 0.800. The summed E-state index contributed by atoms with van der Waals surface area (Å²) in [5, 5.41) is 0.179. The number of unbranched alkanes of at least 4 members (excludes halogenated alkanes) is 3. The van der Waals surface area contributed by atoms with Gasteiger partial charge in [-0.15, -0.1) is 0 Å². The van der Waals surface area contributed by atoms with Crippen molar-refractivity contribution in [3.63, 3.8) is 0 Å². The van der Waals surface area contributed by atoms with Crippen LogP contribution in [0.15, 0.2) is 0 Å². The molecular weight excluding hydrogens is 523 g/mol. The molecule has 0 atom stereocenters. The van der Waals surface area contributed by atoms with Crippen LogP contribution in [0.3, 0.4) is 0 Å². The van der Waals surface area contributed by atoms with E-state index in [-0.39, 0.29) is 5.04 Å². The van der Waals surface area contributed by atoms with Gasteiger partial charge in [0.2, 0.25) is 0 Å².